The Labute approximate surface area is 200 Å². The molecule has 0 aromatic heterocycles. The van der Waals surface area contributed by atoms with E-state index >= 15 is 0 Å². The average molecular weight is 469 g/mol. The van der Waals surface area contributed by atoms with Crippen LogP contribution in [0.3, 0.4) is 0 Å². The van der Waals surface area contributed by atoms with Gasteiger partial charge in [0.25, 0.3) is 0 Å². The Balaban J connectivity index is 1.71. The third-order valence-corrected chi connectivity index (χ3v) is 7.15. The normalized spacial score (nSPS) is 22.4. The highest BCUT2D eigenvalue weighted by molar-refractivity contribution is 5.79. The molecule has 2 heterocycles. The van der Waals surface area contributed by atoms with Crippen LogP contribution in [-0.2, 0) is 9.59 Å². The van der Waals surface area contributed by atoms with Gasteiger partial charge in [0.2, 0.25) is 12.7 Å². The molecule has 2 aliphatic heterocycles. The second-order valence-corrected chi connectivity index (χ2v) is 8.99. The first-order valence-corrected chi connectivity index (χ1v) is 11.6. The van der Waals surface area contributed by atoms with Gasteiger partial charge in [0.05, 0.1) is 19.6 Å². The Morgan fingerprint density at radius 1 is 1.15 bits per heavy atom. The number of carboxylic acid groups (broad SMARTS) is 1. The summed E-state index contributed by atoms with van der Waals surface area (Å²) in [5, 5.41) is 10.4. The number of amides is 1. The van der Waals surface area contributed by atoms with Crippen LogP contribution in [0.15, 0.2) is 42.5 Å². The Hall–Kier alpha value is -3.26. The van der Waals surface area contributed by atoms with E-state index in [-0.39, 0.29) is 31.2 Å². The molecule has 4 atom stereocenters. The standard InChI is InChI=1S/C26H32N2O6/c1-5-16(2)27(3)23(29)14-28-13-20(18-8-11-21-22(12-18)34-15-33-21)24(26(30)31)25(28)17-6-9-19(32-4)10-7-17/h6-12,16,20,24-25H,5,13-15H2,1-4H3,(H,30,31)/t16?,20?,24-,25+/m0/s1. The number of methoxy groups -OCH3 is 1. The number of carbonyl (C=O) groups is 2. The van der Waals surface area contributed by atoms with Crippen molar-refractivity contribution >= 4 is 11.9 Å². The maximum absolute atomic E-state index is 13.1. The fourth-order valence-corrected chi connectivity index (χ4v) is 4.88. The number of carboxylic acids is 1. The molecule has 2 aliphatic rings. The first-order valence-electron chi connectivity index (χ1n) is 11.6. The van der Waals surface area contributed by atoms with Crippen LogP contribution >= 0.6 is 0 Å². The van der Waals surface area contributed by atoms with Crippen LogP contribution in [0.1, 0.15) is 43.4 Å². The first-order chi connectivity index (χ1) is 16.3. The van der Waals surface area contributed by atoms with Gasteiger partial charge in [0.15, 0.2) is 11.5 Å². The lowest BCUT2D eigenvalue weighted by molar-refractivity contribution is -0.144. The molecule has 2 aromatic carbocycles. The number of nitrogens with zero attached hydrogens (tertiary/aromatic N) is 2. The minimum absolute atomic E-state index is 0.0247. The molecular formula is C26H32N2O6. The Bertz CT molecular complexity index is 1040. The van der Waals surface area contributed by atoms with Crippen molar-refractivity contribution in [2.75, 3.05) is 34.0 Å². The van der Waals surface area contributed by atoms with E-state index in [1.807, 2.05) is 61.2 Å². The number of fused-ring (bicyclic) bond motifs is 1. The predicted molar refractivity (Wildman–Crippen MR) is 126 cm³/mol. The van der Waals surface area contributed by atoms with Gasteiger partial charge in [0.1, 0.15) is 5.75 Å². The summed E-state index contributed by atoms with van der Waals surface area (Å²) in [6, 6.07) is 12.7. The summed E-state index contributed by atoms with van der Waals surface area (Å²) in [5.74, 6) is -0.00962. The number of carbonyl (C=O) groups excluding carboxylic acids is 1. The number of hydrogen-bond donors (Lipinski definition) is 1. The van der Waals surface area contributed by atoms with Gasteiger partial charge in [0, 0.05) is 31.6 Å². The van der Waals surface area contributed by atoms with Gasteiger partial charge in [-0.1, -0.05) is 25.1 Å². The Morgan fingerprint density at radius 3 is 2.47 bits per heavy atom. The Kier molecular flexibility index (Phi) is 6.97. The van der Waals surface area contributed by atoms with Crippen molar-refractivity contribution in [2.45, 2.75) is 38.3 Å². The molecule has 8 nitrogen and oxygen atoms in total. The third kappa shape index (κ3) is 4.55. The number of aliphatic carboxylic acids is 1. The van der Waals surface area contributed by atoms with Crippen molar-refractivity contribution in [3.8, 4) is 17.2 Å². The summed E-state index contributed by atoms with van der Waals surface area (Å²) in [7, 11) is 3.40. The van der Waals surface area contributed by atoms with Crippen LogP contribution in [0, 0.1) is 5.92 Å². The van der Waals surface area contributed by atoms with Gasteiger partial charge >= 0.3 is 5.97 Å². The second-order valence-electron chi connectivity index (χ2n) is 8.99. The van der Waals surface area contributed by atoms with Crippen LogP contribution in [0.5, 0.6) is 17.2 Å². The highest BCUT2D eigenvalue weighted by Gasteiger charge is 2.48. The molecule has 1 fully saturated rings. The van der Waals surface area contributed by atoms with Gasteiger partial charge in [-0.2, -0.15) is 0 Å². The first kappa shape index (κ1) is 23.9. The number of benzene rings is 2. The summed E-state index contributed by atoms with van der Waals surface area (Å²) >= 11 is 0. The molecule has 4 rings (SSSR count). The van der Waals surface area contributed by atoms with Crippen molar-refractivity contribution in [3.05, 3.63) is 53.6 Å². The van der Waals surface area contributed by atoms with E-state index < -0.39 is 17.9 Å². The number of likely N-dealkylation sites (tertiary alicyclic amines) is 1. The number of ether oxygens (including phenoxy) is 3. The summed E-state index contributed by atoms with van der Waals surface area (Å²) in [6.45, 7) is 4.79. The largest absolute Gasteiger partial charge is 0.497 e. The SMILES string of the molecule is CCC(C)N(C)C(=O)CN1CC(c2ccc3c(c2)OCO3)[C@H](C(=O)O)[C@H]1c1ccc(OC)cc1. The van der Waals surface area contributed by atoms with Crippen molar-refractivity contribution in [3.63, 3.8) is 0 Å². The van der Waals surface area contributed by atoms with Crippen LogP contribution < -0.4 is 14.2 Å². The van der Waals surface area contributed by atoms with E-state index in [0.717, 1.165) is 17.5 Å². The minimum Gasteiger partial charge on any atom is -0.497 e. The number of hydrogen-bond acceptors (Lipinski definition) is 6. The highest BCUT2D eigenvalue weighted by atomic mass is 16.7. The van der Waals surface area contributed by atoms with E-state index in [1.54, 1.807) is 19.1 Å². The molecule has 0 radical (unpaired) electrons. The lowest BCUT2D eigenvalue weighted by Gasteiger charge is -2.30. The van der Waals surface area contributed by atoms with Crippen molar-refractivity contribution in [1.29, 1.82) is 0 Å². The van der Waals surface area contributed by atoms with Crippen LogP contribution in [0.25, 0.3) is 0 Å². The van der Waals surface area contributed by atoms with Crippen LogP contribution in [0.2, 0.25) is 0 Å². The van der Waals surface area contributed by atoms with E-state index in [9.17, 15) is 14.7 Å². The number of rotatable bonds is 8. The zero-order valence-corrected chi connectivity index (χ0v) is 20.1. The van der Waals surface area contributed by atoms with Gasteiger partial charge in [-0.05, 0) is 48.7 Å². The van der Waals surface area contributed by atoms with Gasteiger partial charge in [-0.3, -0.25) is 14.5 Å². The van der Waals surface area contributed by atoms with Gasteiger partial charge in [-0.25, -0.2) is 0 Å². The lowest BCUT2D eigenvalue weighted by Crippen LogP contribution is -2.42. The summed E-state index contributed by atoms with van der Waals surface area (Å²) in [6.07, 6.45) is 0.849. The zero-order chi connectivity index (χ0) is 24.4. The van der Waals surface area contributed by atoms with Crippen LogP contribution in [-0.4, -0.2) is 66.9 Å². The summed E-state index contributed by atoms with van der Waals surface area (Å²) in [5.41, 5.74) is 1.70. The van der Waals surface area contributed by atoms with Crippen LogP contribution in [0.4, 0.5) is 0 Å². The third-order valence-electron chi connectivity index (χ3n) is 7.15. The average Bonchev–Trinajstić information content (AvgIpc) is 3.47. The molecule has 0 bridgehead atoms. The molecule has 1 amide bonds. The van der Waals surface area contributed by atoms with Gasteiger partial charge < -0.3 is 24.2 Å². The smallest absolute Gasteiger partial charge is 0.309 e. The summed E-state index contributed by atoms with van der Waals surface area (Å²) in [4.78, 5) is 29.5. The second kappa shape index (κ2) is 9.93. The fourth-order valence-electron chi connectivity index (χ4n) is 4.88. The molecular weight excluding hydrogens is 436 g/mol. The molecule has 182 valence electrons. The van der Waals surface area contributed by atoms with Crippen molar-refractivity contribution in [1.82, 2.24) is 9.80 Å². The van der Waals surface area contributed by atoms with E-state index in [2.05, 4.69) is 0 Å². The maximum atomic E-state index is 13.1. The van der Waals surface area contributed by atoms with Gasteiger partial charge in [-0.15, -0.1) is 0 Å². The molecule has 0 saturated carbocycles. The highest BCUT2D eigenvalue weighted by Crippen LogP contribution is 2.47. The molecule has 8 heteroatoms. The monoisotopic (exact) mass is 468 g/mol. The molecule has 34 heavy (non-hydrogen) atoms. The molecule has 0 aliphatic carbocycles. The van der Waals surface area contributed by atoms with E-state index in [4.69, 9.17) is 14.2 Å². The molecule has 0 spiro atoms. The maximum Gasteiger partial charge on any atom is 0.309 e. The lowest BCUT2D eigenvalue weighted by atomic mass is 9.82. The molecule has 1 N–H and O–H groups in total. The predicted octanol–water partition coefficient (Wildman–Crippen LogP) is 3.52. The zero-order valence-electron chi connectivity index (χ0n) is 20.1. The topological polar surface area (TPSA) is 88.5 Å². The minimum atomic E-state index is -0.895. The molecule has 1 saturated heterocycles. The van der Waals surface area contributed by atoms with E-state index in [0.29, 0.717) is 23.8 Å². The summed E-state index contributed by atoms with van der Waals surface area (Å²) < 4.78 is 16.2. The van der Waals surface area contributed by atoms with Crippen molar-refractivity contribution in [2.24, 2.45) is 5.92 Å². The van der Waals surface area contributed by atoms with E-state index in [1.165, 1.54) is 0 Å². The Morgan fingerprint density at radius 2 is 1.82 bits per heavy atom. The van der Waals surface area contributed by atoms with Crippen molar-refractivity contribution < 1.29 is 28.9 Å². The molecule has 2 aromatic rings. The number of likely N-dealkylation sites (N-methyl/N-ethyl adjacent to an activating group) is 1. The molecule has 2 unspecified atom stereocenters. The quantitative estimate of drug-likeness (QED) is 0.634. The fraction of sp³-hybridized carbons (Fsp3) is 0.462.